The molecule has 0 amide bonds. The van der Waals surface area contributed by atoms with Gasteiger partial charge >= 0.3 is 5.97 Å². The molecule has 0 aliphatic heterocycles. The van der Waals surface area contributed by atoms with Crippen LogP contribution in [0.3, 0.4) is 0 Å². The van der Waals surface area contributed by atoms with Gasteiger partial charge in [-0.25, -0.2) is 6.57 Å². The smallest absolute Gasteiger partial charge is 0.307 e. The van der Waals surface area contributed by atoms with Gasteiger partial charge in [-0.2, -0.15) is 0 Å². The van der Waals surface area contributed by atoms with Crippen LogP contribution in [0.5, 0.6) is 0 Å². The van der Waals surface area contributed by atoms with Gasteiger partial charge in [-0.3, -0.25) is 4.79 Å². The van der Waals surface area contributed by atoms with Crippen LogP contribution in [0, 0.1) is 18.4 Å². The second kappa shape index (κ2) is 2.06. The van der Waals surface area contributed by atoms with Gasteiger partial charge in [0.1, 0.15) is 0 Å². The molecule has 0 aromatic rings. The molecule has 1 fully saturated rings. The molecule has 0 spiro atoms. The summed E-state index contributed by atoms with van der Waals surface area (Å²) in [4.78, 5) is 13.3. The lowest BCUT2D eigenvalue weighted by Crippen LogP contribution is -2.00. The third-order valence-electron chi connectivity index (χ3n) is 1.57. The Morgan fingerprint density at radius 3 is 2.89 bits per heavy atom. The van der Waals surface area contributed by atoms with Crippen molar-refractivity contribution in [3.8, 4) is 0 Å². The number of nitrogens with zero attached hydrogens (tertiary/aromatic N) is 1. The first-order valence-corrected chi connectivity index (χ1v) is 2.81. The molecule has 1 saturated carbocycles. The molecule has 48 valence electrons. The Morgan fingerprint density at radius 1 is 1.89 bits per heavy atom. The summed E-state index contributed by atoms with van der Waals surface area (Å²) in [6.07, 6.45) is 0.706. The van der Waals surface area contributed by atoms with Gasteiger partial charge in [0.05, 0.1) is 5.92 Å². The van der Waals surface area contributed by atoms with E-state index < -0.39 is 5.97 Å². The summed E-state index contributed by atoms with van der Waals surface area (Å²) in [7, 11) is 0. The molecule has 0 unspecified atom stereocenters. The summed E-state index contributed by atoms with van der Waals surface area (Å²) >= 11 is 0. The van der Waals surface area contributed by atoms with Crippen molar-refractivity contribution in [2.75, 3.05) is 6.54 Å². The van der Waals surface area contributed by atoms with E-state index in [4.69, 9.17) is 11.7 Å². The van der Waals surface area contributed by atoms with Gasteiger partial charge in [0.2, 0.25) is 6.54 Å². The summed E-state index contributed by atoms with van der Waals surface area (Å²) in [5.74, 6) is -0.803. The number of rotatable bonds is 2. The zero-order chi connectivity index (χ0) is 6.85. The third-order valence-corrected chi connectivity index (χ3v) is 1.57. The molecular weight excluding hydrogens is 118 g/mol. The minimum absolute atomic E-state index is 0.153. The van der Waals surface area contributed by atoms with Crippen molar-refractivity contribution in [1.29, 1.82) is 0 Å². The van der Waals surface area contributed by atoms with Crippen LogP contribution >= 0.6 is 0 Å². The normalized spacial score (nSPS) is 31.0. The van der Waals surface area contributed by atoms with Crippen molar-refractivity contribution in [2.24, 2.45) is 11.8 Å². The molecule has 2 atom stereocenters. The Labute approximate surface area is 53.1 Å². The summed E-state index contributed by atoms with van der Waals surface area (Å²) in [5, 5.41) is 8.35. The van der Waals surface area contributed by atoms with Crippen LogP contribution < -0.4 is 0 Å². The van der Waals surface area contributed by atoms with E-state index in [1.165, 1.54) is 0 Å². The van der Waals surface area contributed by atoms with Gasteiger partial charge in [-0.1, -0.05) is 0 Å². The maximum atomic E-state index is 10.1. The minimum Gasteiger partial charge on any atom is -0.481 e. The fourth-order valence-corrected chi connectivity index (χ4v) is 0.869. The van der Waals surface area contributed by atoms with Crippen molar-refractivity contribution in [1.82, 2.24) is 0 Å². The van der Waals surface area contributed by atoms with E-state index in [1.54, 1.807) is 0 Å². The molecule has 1 aliphatic rings. The molecule has 0 bridgehead atoms. The molecular formula is C6H7NO2. The number of carboxylic acids is 1. The molecule has 0 heterocycles. The van der Waals surface area contributed by atoms with E-state index in [1.807, 2.05) is 0 Å². The second-order valence-corrected chi connectivity index (χ2v) is 2.28. The Bertz CT molecular complexity index is 170. The fourth-order valence-electron chi connectivity index (χ4n) is 0.869. The molecule has 0 aromatic heterocycles. The first-order chi connectivity index (χ1) is 4.25. The molecule has 0 saturated heterocycles. The van der Waals surface area contributed by atoms with Gasteiger partial charge in [0, 0.05) is 5.92 Å². The Balaban J connectivity index is 2.27. The second-order valence-electron chi connectivity index (χ2n) is 2.28. The lowest BCUT2D eigenvalue weighted by molar-refractivity contribution is -0.138. The van der Waals surface area contributed by atoms with Crippen LogP contribution in [0.1, 0.15) is 6.42 Å². The highest BCUT2D eigenvalue weighted by Gasteiger charge is 2.45. The Hall–Kier alpha value is -1.04. The van der Waals surface area contributed by atoms with Crippen molar-refractivity contribution in [3.05, 3.63) is 11.4 Å². The maximum absolute atomic E-state index is 10.1. The zero-order valence-corrected chi connectivity index (χ0v) is 4.87. The van der Waals surface area contributed by atoms with Crippen LogP contribution in [-0.4, -0.2) is 17.6 Å². The Kier molecular flexibility index (Phi) is 1.39. The zero-order valence-electron chi connectivity index (χ0n) is 4.87. The lowest BCUT2D eigenvalue weighted by Gasteiger charge is -1.82. The van der Waals surface area contributed by atoms with E-state index in [-0.39, 0.29) is 11.8 Å². The number of hydrogen-bond acceptors (Lipinski definition) is 1. The van der Waals surface area contributed by atoms with Crippen LogP contribution in [0.25, 0.3) is 4.85 Å². The van der Waals surface area contributed by atoms with Gasteiger partial charge < -0.3 is 9.95 Å². The van der Waals surface area contributed by atoms with Gasteiger partial charge in [0.25, 0.3) is 0 Å². The summed E-state index contributed by atoms with van der Waals surface area (Å²) in [6.45, 7) is 6.82. The molecule has 3 heteroatoms. The quantitative estimate of drug-likeness (QED) is 0.550. The predicted octanol–water partition coefficient (Wildman–Crippen LogP) is 0.626. The van der Waals surface area contributed by atoms with E-state index in [2.05, 4.69) is 4.85 Å². The van der Waals surface area contributed by atoms with Crippen molar-refractivity contribution < 1.29 is 9.90 Å². The summed E-state index contributed by atoms with van der Waals surface area (Å²) in [5.41, 5.74) is 0. The van der Waals surface area contributed by atoms with Gasteiger partial charge in [-0.05, 0) is 6.42 Å². The average Bonchev–Trinajstić information content (AvgIpc) is 2.47. The van der Waals surface area contributed by atoms with E-state index in [9.17, 15) is 4.79 Å². The molecule has 0 aromatic carbocycles. The van der Waals surface area contributed by atoms with Crippen molar-refractivity contribution in [2.45, 2.75) is 6.42 Å². The summed E-state index contributed by atoms with van der Waals surface area (Å²) < 4.78 is 0. The van der Waals surface area contributed by atoms with E-state index in [0.29, 0.717) is 13.0 Å². The molecule has 0 radical (unpaired) electrons. The van der Waals surface area contributed by atoms with Crippen LogP contribution in [-0.2, 0) is 4.79 Å². The average molecular weight is 125 g/mol. The largest absolute Gasteiger partial charge is 0.481 e. The third kappa shape index (κ3) is 1.20. The number of carboxylic acid groups (broad SMARTS) is 1. The molecule has 1 N–H and O–H groups in total. The maximum Gasteiger partial charge on any atom is 0.307 e. The fraction of sp³-hybridized carbons (Fsp3) is 0.667. The molecule has 9 heavy (non-hydrogen) atoms. The first-order valence-electron chi connectivity index (χ1n) is 2.81. The highest BCUT2D eigenvalue weighted by molar-refractivity contribution is 5.73. The Morgan fingerprint density at radius 2 is 2.56 bits per heavy atom. The topological polar surface area (TPSA) is 41.7 Å². The number of hydrogen-bond donors (Lipinski definition) is 1. The molecule has 1 aliphatic carbocycles. The number of aliphatic carboxylic acids is 1. The van der Waals surface area contributed by atoms with Crippen molar-refractivity contribution in [3.63, 3.8) is 0 Å². The van der Waals surface area contributed by atoms with Crippen molar-refractivity contribution >= 4 is 5.97 Å². The summed E-state index contributed by atoms with van der Waals surface area (Å²) in [6, 6.07) is 0. The minimum atomic E-state index is -0.747. The van der Waals surface area contributed by atoms with Crippen LogP contribution in [0.4, 0.5) is 0 Å². The monoisotopic (exact) mass is 125 g/mol. The highest BCUT2D eigenvalue weighted by atomic mass is 16.4. The van der Waals surface area contributed by atoms with Gasteiger partial charge in [-0.15, -0.1) is 0 Å². The highest BCUT2D eigenvalue weighted by Crippen LogP contribution is 2.38. The van der Waals surface area contributed by atoms with Crippen LogP contribution in [0.2, 0.25) is 0 Å². The lowest BCUT2D eigenvalue weighted by atomic mass is 10.3. The standard InChI is InChI=1S/C6H7NO2/c1-7-3-4-2-5(4)6(8)9/h4-5H,2-3H2,(H,8,9)/t4-,5+/m1/s1. The number of carbonyl (C=O) groups is 1. The molecule has 3 nitrogen and oxygen atoms in total. The van der Waals surface area contributed by atoms with E-state index >= 15 is 0 Å². The van der Waals surface area contributed by atoms with Crippen LogP contribution in [0.15, 0.2) is 0 Å². The predicted molar refractivity (Wildman–Crippen MR) is 30.7 cm³/mol. The van der Waals surface area contributed by atoms with Gasteiger partial charge in [0.15, 0.2) is 0 Å². The molecule has 1 rings (SSSR count). The van der Waals surface area contributed by atoms with E-state index in [0.717, 1.165) is 0 Å². The first kappa shape index (κ1) is 6.09. The SMILES string of the molecule is [C-]#[N+]C[C@H]1C[C@@H]1C(=O)O.